The monoisotopic (exact) mass is 522 g/mol. The molecule has 0 radical (unpaired) electrons. The highest BCUT2D eigenvalue weighted by Crippen LogP contribution is 2.51. The van der Waals surface area contributed by atoms with Gasteiger partial charge in [-0.25, -0.2) is 0 Å². The van der Waals surface area contributed by atoms with Crippen LogP contribution < -0.4 is 9.47 Å². The molecule has 2 aromatic rings. The highest BCUT2D eigenvalue weighted by atomic mass is 16.5. The summed E-state index contributed by atoms with van der Waals surface area (Å²) < 4.78 is 12.7. The van der Waals surface area contributed by atoms with Gasteiger partial charge in [-0.15, -0.1) is 0 Å². The zero-order valence-electron chi connectivity index (χ0n) is 26.8. The molecule has 2 rings (SSSR count). The predicted molar refractivity (Wildman–Crippen MR) is 158 cm³/mol. The van der Waals surface area contributed by atoms with Crippen LogP contribution in [0.5, 0.6) is 11.5 Å². The summed E-state index contributed by atoms with van der Waals surface area (Å²) in [5.41, 5.74) is 5.72. The third-order valence-electron chi connectivity index (χ3n) is 7.08. The molecular weight excluding hydrogens is 472 g/mol. The summed E-state index contributed by atoms with van der Waals surface area (Å²) in [4.78, 5) is 26.7. The third kappa shape index (κ3) is 6.50. The van der Waals surface area contributed by atoms with E-state index in [4.69, 9.17) is 9.47 Å². The van der Waals surface area contributed by atoms with E-state index >= 15 is 0 Å². The van der Waals surface area contributed by atoms with Crippen molar-refractivity contribution < 1.29 is 19.1 Å². The standard InChI is InChI=1S/C34H50O4/c1-19-17-23(31(5,6)7)27(37-29(35)33(11,12)13)25(21(19)3)26-22(4)20(2)18-24(32(8,9)10)28(26)38-30(36)34(14,15)16/h17-18H,1-16H3. The molecule has 0 N–H and O–H groups in total. The van der Waals surface area contributed by atoms with Crippen LogP contribution in [0, 0.1) is 38.5 Å². The molecule has 38 heavy (non-hydrogen) atoms. The van der Waals surface area contributed by atoms with Gasteiger partial charge in [0, 0.05) is 22.3 Å². The number of ether oxygens (including phenoxy) is 2. The number of esters is 2. The number of aryl methyl sites for hydroxylation is 2. The van der Waals surface area contributed by atoms with Gasteiger partial charge in [0.15, 0.2) is 0 Å². The molecule has 0 spiro atoms. The summed E-state index contributed by atoms with van der Waals surface area (Å²) in [5.74, 6) is 0.480. The van der Waals surface area contributed by atoms with E-state index in [0.717, 1.165) is 44.5 Å². The van der Waals surface area contributed by atoms with Crippen LogP contribution in [0.1, 0.15) is 116 Å². The van der Waals surface area contributed by atoms with Gasteiger partial charge in [0.05, 0.1) is 10.8 Å². The molecular formula is C34H50O4. The van der Waals surface area contributed by atoms with Gasteiger partial charge in [-0.05, 0) is 102 Å². The Morgan fingerprint density at radius 3 is 1.00 bits per heavy atom. The highest BCUT2D eigenvalue weighted by molar-refractivity contribution is 5.91. The lowest BCUT2D eigenvalue weighted by molar-refractivity contribution is -0.143. The second kappa shape index (κ2) is 10.2. The number of rotatable bonds is 3. The lowest BCUT2D eigenvalue weighted by atomic mass is 9.77. The van der Waals surface area contributed by atoms with E-state index in [-0.39, 0.29) is 22.8 Å². The molecule has 0 amide bonds. The average Bonchev–Trinajstić information content (AvgIpc) is 2.71. The normalized spacial score (nSPS) is 12.9. The van der Waals surface area contributed by atoms with Gasteiger partial charge >= 0.3 is 11.9 Å². The van der Waals surface area contributed by atoms with Crippen LogP contribution >= 0.6 is 0 Å². The number of hydrogen-bond donors (Lipinski definition) is 0. The number of carbonyl (C=O) groups excluding carboxylic acids is 2. The van der Waals surface area contributed by atoms with Crippen LogP contribution in [0.4, 0.5) is 0 Å². The van der Waals surface area contributed by atoms with Gasteiger partial charge in [-0.2, -0.15) is 0 Å². The maximum Gasteiger partial charge on any atom is 0.316 e. The van der Waals surface area contributed by atoms with Crippen molar-refractivity contribution in [1.29, 1.82) is 0 Å². The van der Waals surface area contributed by atoms with E-state index in [0.29, 0.717) is 11.5 Å². The largest absolute Gasteiger partial charge is 0.425 e. The lowest BCUT2D eigenvalue weighted by Gasteiger charge is -2.32. The number of hydrogen-bond acceptors (Lipinski definition) is 4. The SMILES string of the molecule is Cc1cc(C(C)(C)C)c(OC(=O)C(C)(C)C)c(-c2c(C)c(C)cc(C(C)(C)C)c2OC(=O)C(C)(C)C)c1C. The molecule has 4 heteroatoms. The minimum atomic E-state index is -0.690. The first-order valence-electron chi connectivity index (χ1n) is 13.6. The maximum atomic E-state index is 13.4. The maximum absolute atomic E-state index is 13.4. The van der Waals surface area contributed by atoms with Crippen molar-refractivity contribution in [2.75, 3.05) is 0 Å². The Kier molecular flexibility index (Phi) is 8.45. The molecule has 0 atom stereocenters. The Hall–Kier alpha value is -2.62. The van der Waals surface area contributed by atoms with E-state index < -0.39 is 10.8 Å². The molecule has 0 fully saturated rings. The van der Waals surface area contributed by atoms with Crippen molar-refractivity contribution >= 4 is 11.9 Å². The summed E-state index contributed by atoms with van der Waals surface area (Å²) in [6, 6.07) is 4.25. The van der Waals surface area contributed by atoms with Gasteiger partial charge in [-0.3, -0.25) is 9.59 Å². The van der Waals surface area contributed by atoms with Crippen molar-refractivity contribution in [2.45, 2.75) is 122 Å². The van der Waals surface area contributed by atoms with Crippen LogP contribution in [0.15, 0.2) is 12.1 Å². The van der Waals surface area contributed by atoms with Crippen LogP contribution in [-0.2, 0) is 20.4 Å². The Morgan fingerprint density at radius 1 is 0.526 bits per heavy atom. The summed E-state index contributed by atoms with van der Waals surface area (Å²) in [7, 11) is 0. The fourth-order valence-corrected chi connectivity index (χ4v) is 4.20. The van der Waals surface area contributed by atoms with E-state index in [1.165, 1.54) is 0 Å². The minimum Gasteiger partial charge on any atom is -0.425 e. The van der Waals surface area contributed by atoms with Crippen LogP contribution in [0.3, 0.4) is 0 Å². The Bertz CT molecular complexity index is 1150. The van der Waals surface area contributed by atoms with Gasteiger partial charge in [0.25, 0.3) is 0 Å². The molecule has 4 nitrogen and oxygen atoms in total. The molecule has 0 aliphatic heterocycles. The quantitative estimate of drug-likeness (QED) is 0.298. The smallest absolute Gasteiger partial charge is 0.316 e. The summed E-state index contributed by atoms with van der Waals surface area (Å²) >= 11 is 0. The van der Waals surface area contributed by atoms with E-state index in [2.05, 4.69) is 81.4 Å². The molecule has 0 bridgehead atoms. The van der Waals surface area contributed by atoms with Crippen molar-refractivity contribution in [3.05, 3.63) is 45.5 Å². The minimum absolute atomic E-state index is 0.298. The zero-order valence-corrected chi connectivity index (χ0v) is 26.8. The molecule has 0 saturated heterocycles. The van der Waals surface area contributed by atoms with Crippen molar-refractivity contribution in [3.8, 4) is 22.6 Å². The first-order valence-corrected chi connectivity index (χ1v) is 13.6. The third-order valence-corrected chi connectivity index (χ3v) is 7.08. The fourth-order valence-electron chi connectivity index (χ4n) is 4.20. The molecule has 0 unspecified atom stereocenters. The second-order valence-electron chi connectivity index (χ2n) is 14.9. The Balaban J connectivity index is 3.23. The first kappa shape index (κ1) is 31.6. The topological polar surface area (TPSA) is 52.6 Å². The van der Waals surface area contributed by atoms with Crippen molar-refractivity contribution in [3.63, 3.8) is 0 Å². The highest BCUT2D eigenvalue weighted by Gasteiger charge is 2.35. The predicted octanol–water partition coefficient (Wildman–Crippen LogP) is 9.09. The van der Waals surface area contributed by atoms with Crippen LogP contribution in [0.2, 0.25) is 0 Å². The number of carbonyl (C=O) groups is 2. The van der Waals surface area contributed by atoms with E-state index in [1.807, 2.05) is 41.5 Å². The van der Waals surface area contributed by atoms with Crippen LogP contribution in [0.25, 0.3) is 11.1 Å². The van der Waals surface area contributed by atoms with E-state index in [9.17, 15) is 9.59 Å². The average molecular weight is 523 g/mol. The molecule has 2 aromatic carbocycles. The molecule has 0 aliphatic carbocycles. The zero-order chi connectivity index (χ0) is 29.8. The van der Waals surface area contributed by atoms with Gasteiger partial charge < -0.3 is 9.47 Å². The molecule has 0 saturated carbocycles. The van der Waals surface area contributed by atoms with E-state index in [1.54, 1.807) is 0 Å². The summed E-state index contributed by atoms with van der Waals surface area (Å²) in [6.45, 7) is 32.2. The van der Waals surface area contributed by atoms with Crippen LogP contribution in [-0.4, -0.2) is 11.9 Å². The molecule has 210 valence electrons. The summed E-state index contributed by atoms with van der Waals surface area (Å²) in [6.07, 6.45) is 0. The molecule has 0 aliphatic rings. The van der Waals surface area contributed by atoms with Gasteiger partial charge in [-0.1, -0.05) is 53.7 Å². The Labute approximate surface area is 231 Å². The first-order chi connectivity index (χ1) is 16.9. The number of benzene rings is 2. The van der Waals surface area contributed by atoms with Gasteiger partial charge in [0.2, 0.25) is 0 Å². The molecule has 0 aromatic heterocycles. The fraction of sp³-hybridized carbons (Fsp3) is 0.588. The van der Waals surface area contributed by atoms with Crippen molar-refractivity contribution in [1.82, 2.24) is 0 Å². The molecule has 0 heterocycles. The van der Waals surface area contributed by atoms with Crippen molar-refractivity contribution in [2.24, 2.45) is 10.8 Å². The Morgan fingerprint density at radius 2 is 0.789 bits per heavy atom. The lowest BCUT2D eigenvalue weighted by Crippen LogP contribution is -2.28. The summed E-state index contributed by atoms with van der Waals surface area (Å²) in [5, 5.41) is 0. The van der Waals surface area contributed by atoms with Gasteiger partial charge in [0.1, 0.15) is 11.5 Å². The second-order valence-corrected chi connectivity index (χ2v) is 14.9.